The number of rotatable bonds is 3. The van der Waals surface area contributed by atoms with Crippen LogP contribution in [0.25, 0.3) is 0 Å². The van der Waals surface area contributed by atoms with Crippen molar-refractivity contribution >= 4 is 17.8 Å². The third-order valence-electron chi connectivity index (χ3n) is 2.84. The Morgan fingerprint density at radius 3 is 2.68 bits per heavy atom. The number of benzene rings is 1. The summed E-state index contributed by atoms with van der Waals surface area (Å²) in [5.74, 6) is -0.751. The van der Waals surface area contributed by atoms with Gasteiger partial charge in [-0.15, -0.1) is 0 Å². The van der Waals surface area contributed by atoms with Gasteiger partial charge in [-0.3, -0.25) is 14.9 Å². The van der Waals surface area contributed by atoms with Gasteiger partial charge < -0.3 is 10.6 Å². The van der Waals surface area contributed by atoms with Gasteiger partial charge >= 0.3 is 6.03 Å². The van der Waals surface area contributed by atoms with Crippen molar-refractivity contribution in [3.8, 4) is 0 Å². The van der Waals surface area contributed by atoms with Crippen LogP contribution in [0.5, 0.6) is 0 Å². The van der Waals surface area contributed by atoms with Crippen molar-refractivity contribution in [3.05, 3.63) is 35.9 Å². The number of carbonyl (C=O) groups is 3. The predicted molar refractivity (Wildman–Crippen MR) is 68.0 cm³/mol. The van der Waals surface area contributed by atoms with Crippen molar-refractivity contribution in [1.82, 2.24) is 16.0 Å². The molecule has 1 aromatic rings. The second-order valence-corrected chi connectivity index (χ2v) is 4.32. The number of nitrogens with one attached hydrogen (secondary N) is 3. The molecule has 1 unspecified atom stereocenters. The fourth-order valence-corrected chi connectivity index (χ4v) is 1.82. The summed E-state index contributed by atoms with van der Waals surface area (Å²) in [5.41, 5.74) is 0.973. The standard InChI is InChI=1S/C13H15N3O3/c17-11-7-6-10(12(18)16-11)15-13(19)14-8-9-4-2-1-3-5-9/h1-5,10H,6-8H2,(H2,14,15,19)(H,16,17,18). The van der Waals surface area contributed by atoms with Crippen LogP contribution in [0.15, 0.2) is 30.3 Å². The van der Waals surface area contributed by atoms with E-state index in [-0.39, 0.29) is 12.3 Å². The second kappa shape index (κ2) is 5.99. The highest BCUT2D eigenvalue weighted by Gasteiger charge is 2.27. The van der Waals surface area contributed by atoms with Gasteiger partial charge in [0.05, 0.1) is 0 Å². The SMILES string of the molecule is O=C1CCC(NC(=O)NCc2ccccc2)C(=O)N1. The summed E-state index contributed by atoms with van der Waals surface area (Å²) in [6.07, 6.45) is 0.582. The molecule has 1 atom stereocenters. The van der Waals surface area contributed by atoms with Crippen LogP contribution < -0.4 is 16.0 Å². The van der Waals surface area contributed by atoms with E-state index in [2.05, 4.69) is 16.0 Å². The van der Waals surface area contributed by atoms with Gasteiger partial charge in [0.15, 0.2) is 0 Å². The molecule has 0 saturated carbocycles. The Morgan fingerprint density at radius 2 is 2.00 bits per heavy atom. The maximum atomic E-state index is 11.6. The number of piperidine rings is 1. The van der Waals surface area contributed by atoms with E-state index in [1.54, 1.807) is 0 Å². The molecule has 0 spiro atoms. The molecule has 1 fully saturated rings. The number of amides is 4. The van der Waals surface area contributed by atoms with Gasteiger partial charge in [-0.05, 0) is 12.0 Å². The first-order valence-corrected chi connectivity index (χ1v) is 6.07. The molecule has 0 radical (unpaired) electrons. The van der Waals surface area contributed by atoms with Gasteiger partial charge in [0.1, 0.15) is 6.04 Å². The summed E-state index contributed by atoms with van der Waals surface area (Å²) >= 11 is 0. The lowest BCUT2D eigenvalue weighted by molar-refractivity contribution is -0.134. The lowest BCUT2D eigenvalue weighted by Gasteiger charge is -2.21. The van der Waals surface area contributed by atoms with Crippen LogP contribution in [0.4, 0.5) is 4.79 Å². The number of urea groups is 1. The van der Waals surface area contributed by atoms with Crippen molar-refractivity contribution in [2.45, 2.75) is 25.4 Å². The molecule has 6 nitrogen and oxygen atoms in total. The van der Waals surface area contributed by atoms with Gasteiger partial charge in [0, 0.05) is 13.0 Å². The molecular formula is C13H15N3O3. The molecule has 3 N–H and O–H groups in total. The number of hydrogen-bond donors (Lipinski definition) is 3. The zero-order valence-corrected chi connectivity index (χ0v) is 10.3. The molecule has 1 aromatic carbocycles. The molecule has 0 aliphatic carbocycles. The lowest BCUT2D eigenvalue weighted by atomic mass is 10.1. The molecule has 1 heterocycles. The second-order valence-electron chi connectivity index (χ2n) is 4.32. The van der Waals surface area contributed by atoms with Crippen molar-refractivity contribution in [2.75, 3.05) is 0 Å². The van der Waals surface area contributed by atoms with Gasteiger partial charge in [0.2, 0.25) is 11.8 Å². The minimum absolute atomic E-state index is 0.245. The maximum Gasteiger partial charge on any atom is 0.315 e. The Morgan fingerprint density at radius 1 is 1.26 bits per heavy atom. The molecule has 2 rings (SSSR count). The number of imide groups is 1. The fourth-order valence-electron chi connectivity index (χ4n) is 1.82. The molecular weight excluding hydrogens is 246 g/mol. The normalized spacial score (nSPS) is 18.6. The highest BCUT2D eigenvalue weighted by atomic mass is 16.2. The Bertz CT molecular complexity index is 487. The van der Waals surface area contributed by atoms with Crippen molar-refractivity contribution in [3.63, 3.8) is 0 Å². The van der Waals surface area contributed by atoms with Crippen molar-refractivity contribution in [2.24, 2.45) is 0 Å². The summed E-state index contributed by atoms with van der Waals surface area (Å²) in [7, 11) is 0. The van der Waals surface area contributed by atoms with E-state index in [1.807, 2.05) is 30.3 Å². The molecule has 6 heteroatoms. The average molecular weight is 261 g/mol. The van der Waals surface area contributed by atoms with E-state index in [4.69, 9.17) is 0 Å². The monoisotopic (exact) mass is 261 g/mol. The van der Waals surface area contributed by atoms with Crippen LogP contribution in [0.2, 0.25) is 0 Å². The minimum Gasteiger partial charge on any atom is -0.334 e. The topological polar surface area (TPSA) is 87.3 Å². The zero-order valence-electron chi connectivity index (χ0n) is 10.3. The van der Waals surface area contributed by atoms with Crippen LogP contribution in [0.3, 0.4) is 0 Å². The van der Waals surface area contributed by atoms with Crippen molar-refractivity contribution < 1.29 is 14.4 Å². The van der Waals surface area contributed by atoms with E-state index in [1.165, 1.54) is 0 Å². The molecule has 0 bridgehead atoms. The first kappa shape index (κ1) is 13.1. The average Bonchev–Trinajstić information content (AvgIpc) is 2.41. The molecule has 1 saturated heterocycles. The number of carbonyl (C=O) groups excluding carboxylic acids is 3. The number of hydrogen-bond acceptors (Lipinski definition) is 3. The lowest BCUT2D eigenvalue weighted by Crippen LogP contribution is -2.54. The Hall–Kier alpha value is -2.37. The largest absolute Gasteiger partial charge is 0.334 e. The molecule has 1 aliphatic heterocycles. The molecule has 1 aliphatic rings. The van der Waals surface area contributed by atoms with Crippen LogP contribution in [0.1, 0.15) is 18.4 Å². The van der Waals surface area contributed by atoms with E-state index >= 15 is 0 Å². The van der Waals surface area contributed by atoms with Gasteiger partial charge in [-0.1, -0.05) is 30.3 Å². The summed E-state index contributed by atoms with van der Waals surface area (Å²) in [6.45, 7) is 0.389. The first-order valence-electron chi connectivity index (χ1n) is 6.07. The van der Waals surface area contributed by atoms with Crippen LogP contribution in [-0.4, -0.2) is 23.9 Å². The molecule has 0 aromatic heterocycles. The van der Waals surface area contributed by atoms with Crippen LogP contribution >= 0.6 is 0 Å². The molecule has 19 heavy (non-hydrogen) atoms. The maximum absolute atomic E-state index is 11.6. The fraction of sp³-hybridized carbons (Fsp3) is 0.308. The highest BCUT2D eigenvalue weighted by molar-refractivity contribution is 6.01. The summed E-state index contributed by atoms with van der Waals surface area (Å²) < 4.78 is 0. The predicted octanol–water partition coefficient (Wildman–Crippen LogP) is 0.291. The highest BCUT2D eigenvalue weighted by Crippen LogP contribution is 2.04. The van der Waals surface area contributed by atoms with E-state index < -0.39 is 18.0 Å². The van der Waals surface area contributed by atoms with Crippen molar-refractivity contribution in [1.29, 1.82) is 0 Å². The Labute approximate surface area is 110 Å². The van der Waals surface area contributed by atoms with E-state index in [0.717, 1.165) is 5.56 Å². The Balaban J connectivity index is 1.78. The molecule has 4 amide bonds. The third kappa shape index (κ3) is 3.80. The quantitative estimate of drug-likeness (QED) is 0.683. The zero-order chi connectivity index (χ0) is 13.7. The summed E-state index contributed by atoms with van der Waals surface area (Å²) in [4.78, 5) is 34.0. The smallest absolute Gasteiger partial charge is 0.315 e. The van der Waals surface area contributed by atoms with Gasteiger partial charge in [-0.25, -0.2) is 4.79 Å². The van der Waals surface area contributed by atoms with Gasteiger partial charge in [-0.2, -0.15) is 0 Å². The Kier molecular flexibility index (Phi) is 4.12. The van der Waals surface area contributed by atoms with Crippen LogP contribution in [0, 0.1) is 0 Å². The minimum atomic E-state index is -0.645. The molecule has 100 valence electrons. The third-order valence-corrected chi connectivity index (χ3v) is 2.84. The van der Waals surface area contributed by atoms with Gasteiger partial charge in [0.25, 0.3) is 0 Å². The van der Waals surface area contributed by atoms with E-state index in [0.29, 0.717) is 13.0 Å². The summed E-state index contributed by atoms with van der Waals surface area (Å²) in [6, 6.07) is 8.39. The van der Waals surface area contributed by atoms with Crippen LogP contribution in [-0.2, 0) is 16.1 Å². The summed E-state index contributed by atoms with van der Waals surface area (Å²) in [5, 5.41) is 7.40. The van der Waals surface area contributed by atoms with E-state index in [9.17, 15) is 14.4 Å². The first-order chi connectivity index (χ1) is 9.15.